The predicted octanol–water partition coefficient (Wildman–Crippen LogP) is 3.23. The molecule has 0 spiro atoms. The second kappa shape index (κ2) is 4.79. The van der Waals surface area contributed by atoms with Gasteiger partial charge in [0.1, 0.15) is 0 Å². The van der Waals surface area contributed by atoms with E-state index in [0.29, 0.717) is 18.2 Å². The van der Waals surface area contributed by atoms with Gasteiger partial charge in [-0.15, -0.1) is 0 Å². The molecule has 2 rings (SSSR count). The van der Waals surface area contributed by atoms with E-state index in [9.17, 15) is 4.79 Å². The van der Waals surface area contributed by atoms with Crippen molar-refractivity contribution in [1.29, 1.82) is 0 Å². The Kier molecular flexibility index (Phi) is 3.41. The van der Waals surface area contributed by atoms with Crippen molar-refractivity contribution < 1.29 is 4.79 Å². The van der Waals surface area contributed by atoms with Crippen LogP contribution in [0, 0.1) is 5.92 Å². The first-order valence-corrected chi connectivity index (χ1v) is 6.07. The Hall–Kier alpha value is -0.830. The average molecular weight is 268 g/mol. The van der Waals surface area contributed by atoms with E-state index in [2.05, 4.69) is 21.2 Å². The summed E-state index contributed by atoms with van der Waals surface area (Å²) < 4.78 is 1.03. The highest BCUT2D eigenvalue weighted by Crippen LogP contribution is 2.27. The topological polar surface area (TPSA) is 29.1 Å². The smallest absolute Gasteiger partial charge is 0.154 e. The molecular formula is C12H14BrNO. The summed E-state index contributed by atoms with van der Waals surface area (Å²) in [5.41, 5.74) is 0.997. The van der Waals surface area contributed by atoms with Gasteiger partial charge < -0.3 is 5.32 Å². The normalized spacial score (nSPS) is 15.8. The van der Waals surface area contributed by atoms with E-state index in [-0.39, 0.29) is 0 Å². The molecule has 0 aliphatic heterocycles. The molecule has 1 saturated carbocycles. The van der Waals surface area contributed by atoms with Crippen molar-refractivity contribution in [1.82, 2.24) is 0 Å². The standard InChI is InChI=1S/C12H14BrNO/c13-10-5-2-6-11(7-10)14-8-12(15)9-3-1-4-9/h2,5-7,9,14H,1,3-4,8H2. The van der Waals surface area contributed by atoms with Crippen molar-refractivity contribution in [2.24, 2.45) is 5.92 Å². The number of carbonyl (C=O) groups excluding carboxylic acids is 1. The van der Waals surface area contributed by atoms with E-state index in [0.717, 1.165) is 23.0 Å². The molecule has 2 nitrogen and oxygen atoms in total. The van der Waals surface area contributed by atoms with E-state index in [1.807, 2.05) is 24.3 Å². The molecule has 15 heavy (non-hydrogen) atoms. The summed E-state index contributed by atoms with van der Waals surface area (Å²) in [7, 11) is 0. The van der Waals surface area contributed by atoms with Crippen molar-refractivity contribution in [3.63, 3.8) is 0 Å². The summed E-state index contributed by atoms with van der Waals surface area (Å²) in [6.07, 6.45) is 3.38. The Balaban J connectivity index is 1.84. The molecule has 1 aliphatic carbocycles. The second-order valence-corrected chi connectivity index (χ2v) is 4.87. The number of hydrogen-bond donors (Lipinski definition) is 1. The van der Waals surface area contributed by atoms with Crippen LogP contribution < -0.4 is 5.32 Å². The van der Waals surface area contributed by atoms with Crippen LogP contribution in [0.3, 0.4) is 0 Å². The Morgan fingerprint density at radius 3 is 2.87 bits per heavy atom. The number of Topliss-reactive ketones (excluding diaryl/α,β-unsaturated/α-hetero) is 1. The number of nitrogens with one attached hydrogen (secondary N) is 1. The van der Waals surface area contributed by atoms with Gasteiger partial charge in [0.25, 0.3) is 0 Å². The van der Waals surface area contributed by atoms with E-state index in [1.54, 1.807) is 0 Å². The molecule has 1 N–H and O–H groups in total. The third kappa shape index (κ3) is 2.81. The molecule has 0 amide bonds. The molecule has 1 fully saturated rings. The summed E-state index contributed by atoms with van der Waals surface area (Å²) in [6.45, 7) is 0.459. The first-order chi connectivity index (χ1) is 7.25. The van der Waals surface area contributed by atoms with Crippen molar-refractivity contribution >= 4 is 27.4 Å². The molecule has 0 heterocycles. The number of halogens is 1. The van der Waals surface area contributed by atoms with Crippen molar-refractivity contribution in [3.8, 4) is 0 Å². The molecular weight excluding hydrogens is 254 g/mol. The van der Waals surface area contributed by atoms with E-state index >= 15 is 0 Å². The number of carbonyl (C=O) groups is 1. The van der Waals surface area contributed by atoms with Crippen molar-refractivity contribution in [2.75, 3.05) is 11.9 Å². The van der Waals surface area contributed by atoms with Gasteiger partial charge in [-0.2, -0.15) is 0 Å². The Morgan fingerprint density at radius 2 is 2.27 bits per heavy atom. The van der Waals surface area contributed by atoms with Crippen molar-refractivity contribution in [2.45, 2.75) is 19.3 Å². The summed E-state index contributed by atoms with van der Waals surface area (Å²) >= 11 is 3.40. The van der Waals surface area contributed by atoms with Gasteiger partial charge in [-0.05, 0) is 31.0 Å². The largest absolute Gasteiger partial charge is 0.378 e. The molecule has 0 bridgehead atoms. The van der Waals surface area contributed by atoms with E-state index < -0.39 is 0 Å². The van der Waals surface area contributed by atoms with E-state index in [4.69, 9.17) is 0 Å². The lowest BCUT2D eigenvalue weighted by Crippen LogP contribution is -2.27. The quantitative estimate of drug-likeness (QED) is 0.908. The lowest BCUT2D eigenvalue weighted by atomic mass is 9.82. The predicted molar refractivity (Wildman–Crippen MR) is 65.0 cm³/mol. The first kappa shape index (κ1) is 10.7. The van der Waals surface area contributed by atoms with Gasteiger partial charge in [0.05, 0.1) is 6.54 Å². The molecule has 0 saturated heterocycles. The van der Waals surface area contributed by atoms with Gasteiger partial charge in [-0.3, -0.25) is 4.79 Å². The van der Waals surface area contributed by atoms with Crippen molar-refractivity contribution in [3.05, 3.63) is 28.7 Å². The first-order valence-electron chi connectivity index (χ1n) is 5.28. The van der Waals surface area contributed by atoms with Gasteiger partial charge in [-0.1, -0.05) is 28.4 Å². The lowest BCUT2D eigenvalue weighted by molar-refractivity contribution is -0.123. The van der Waals surface area contributed by atoms with Crippen LogP contribution >= 0.6 is 15.9 Å². The maximum atomic E-state index is 11.6. The highest BCUT2D eigenvalue weighted by Gasteiger charge is 2.24. The van der Waals surface area contributed by atoms with Crippen LogP contribution in [0.2, 0.25) is 0 Å². The van der Waals surface area contributed by atoms with Gasteiger partial charge in [0.15, 0.2) is 5.78 Å². The number of anilines is 1. The van der Waals surface area contributed by atoms with Crippen LogP contribution in [-0.2, 0) is 4.79 Å². The third-order valence-corrected chi connectivity index (χ3v) is 3.35. The highest BCUT2D eigenvalue weighted by molar-refractivity contribution is 9.10. The number of rotatable bonds is 4. The summed E-state index contributed by atoms with van der Waals surface area (Å²) in [5.74, 6) is 0.672. The van der Waals surface area contributed by atoms with Gasteiger partial charge in [-0.25, -0.2) is 0 Å². The third-order valence-electron chi connectivity index (χ3n) is 2.85. The SMILES string of the molecule is O=C(CNc1cccc(Br)c1)C1CCC1. The zero-order chi connectivity index (χ0) is 10.7. The number of benzene rings is 1. The molecule has 80 valence electrons. The molecule has 0 unspecified atom stereocenters. The Bertz CT molecular complexity index is 360. The van der Waals surface area contributed by atoms with Crippen LogP contribution in [0.1, 0.15) is 19.3 Å². The zero-order valence-electron chi connectivity index (χ0n) is 8.50. The molecule has 0 atom stereocenters. The molecule has 1 aliphatic rings. The van der Waals surface area contributed by atoms with Crippen LogP contribution in [0.4, 0.5) is 5.69 Å². The fraction of sp³-hybridized carbons (Fsp3) is 0.417. The second-order valence-electron chi connectivity index (χ2n) is 3.96. The van der Waals surface area contributed by atoms with Crippen LogP contribution in [-0.4, -0.2) is 12.3 Å². The average Bonchev–Trinajstić information content (AvgIpc) is 2.12. The highest BCUT2D eigenvalue weighted by atomic mass is 79.9. The molecule has 3 heteroatoms. The van der Waals surface area contributed by atoms with Gasteiger partial charge >= 0.3 is 0 Å². The van der Waals surface area contributed by atoms with Crippen LogP contribution in [0.25, 0.3) is 0 Å². The van der Waals surface area contributed by atoms with E-state index in [1.165, 1.54) is 6.42 Å². The molecule has 0 aromatic heterocycles. The van der Waals surface area contributed by atoms with Gasteiger partial charge in [0, 0.05) is 16.1 Å². The maximum Gasteiger partial charge on any atom is 0.154 e. The van der Waals surface area contributed by atoms with Gasteiger partial charge in [0.2, 0.25) is 0 Å². The fourth-order valence-corrected chi connectivity index (χ4v) is 2.06. The summed E-state index contributed by atoms with van der Waals surface area (Å²) in [4.78, 5) is 11.6. The molecule has 1 aromatic carbocycles. The zero-order valence-corrected chi connectivity index (χ0v) is 10.1. The number of hydrogen-bond acceptors (Lipinski definition) is 2. The molecule has 1 aromatic rings. The van der Waals surface area contributed by atoms with Crippen LogP contribution in [0.5, 0.6) is 0 Å². The molecule has 0 radical (unpaired) electrons. The minimum Gasteiger partial charge on any atom is -0.378 e. The fourth-order valence-electron chi connectivity index (χ4n) is 1.66. The monoisotopic (exact) mass is 267 g/mol. The number of ketones is 1. The Labute approximate surface area is 98.2 Å². The summed E-state index contributed by atoms with van der Waals surface area (Å²) in [5, 5.41) is 3.15. The Morgan fingerprint density at radius 1 is 1.47 bits per heavy atom. The van der Waals surface area contributed by atoms with Crippen LogP contribution in [0.15, 0.2) is 28.7 Å². The minimum atomic E-state index is 0.324. The lowest BCUT2D eigenvalue weighted by Gasteiger charge is -2.23. The maximum absolute atomic E-state index is 11.6. The minimum absolute atomic E-state index is 0.324. The summed E-state index contributed by atoms with van der Waals surface area (Å²) in [6, 6.07) is 7.88.